The lowest BCUT2D eigenvalue weighted by Crippen LogP contribution is -2.30. The Morgan fingerprint density at radius 3 is 2.79 bits per heavy atom. The van der Waals surface area contributed by atoms with Crippen molar-refractivity contribution in [3.05, 3.63) is 23.8 Å². The molecular formula is C15H22N2O2. The largest absolute Gasteiger partial charge is 0.494 e. The number of nitrogen functional groups attached to an aromatic ring is 1. The van der Waals surface area contributed by atoms with Crippen LogP contribution in [-0.4, -0.2) is 19.6 Å². The number of rotatable bonds is 6. The van der Waals surface area contributed by atoms with Crippen LogP contribution in [0.4, 0.5) is 5.69 Å². The summed E-state index contributed by atoms with van der Waals surface area (Å²) in [4.78, 5) is 12.2. The molecule has 0 radical (unpaired) electrons. The molecule has 4 nitrogen and oxygen atoms in total. The van der Waals surface area contributed by atoms with Gasteiger partial charge in [-0.1, -0.05) is 19.4 Å². The Bertz CT molecular complexity index is 467. The van der Waals surface area contributed by atoms with Crippen LogP contribution < -0.4 is 15.8 Å². The highest BCUT2D eigenvalue weighted by Crippen LogP contribution is 2.49. The molecule has 0 bridgehead atoms. The fraction of sp³-hybridized carbons (Fsp3) is 0.533. The average Bonchev–Trinajstić information content (AvgIpc) is 3.16. The Morgan fingerprint density at radius 2 is 2.21 bits per heavy atom. The normalized spacial score (nSPS) is 15.9. The minimum Gasteiger partial charge on any atom is -0.494 e. The van der Waals surface area contributed by atoms with Crippen molar-refractivity contribution in [2.75, 3.05) is 19.4 Å². The molecule has 1 aromatic rings. The minimum absolute atomic E-state index is 0.105. The maximum atomic E-state index is 12.2. The second-order valence-corrected chi connectivity index (χ2v) is 5.36. The predicted octanol–water partition coefficient (Wildman–Crippen LogP) is 2.59. The standard InChI is InChI=1S/C15H22N2O2/c1-3-7-15(8-9-15)10-17-14(18)11-5-4-6-12(16)13(11)19-2/h4-6H,3,7-10,16H2,1-2H3,(H,17,18). The fourth-order valence-electron chi connectivity index (χ4n) is 2.55. The van der Waals surface area contributed by atoms with Gasteiger partial charge in [0.25, 0.3) is 5.91 Å². The summed E-state index contributed by atoms with van der Waals surface area (Å²) in [5.74, 6) is 0.354. The molecule has 0 aliphatic heterocycles. The van der Waals surface area contributed by atoms with Crippen LogP contribution in [0.25, 0.3) is 0 Å². The number of methoxy groups -OCH3 is 1. The van der Waals surface area contributed by atoms with Gasteiger partial charge in [-0.15, -0.1) is 0 Å². The zero-order chi connectivity index (χ0) is 13.9. The molecule has 0 unspecified atom stereocenters. The van der Waals surface area contributed by atoms with Gasteiger partial charge in [0, 0.05) is 6.54 Å². The molecule has 0 spiro atoms. The van der Waals surface area contributed by atoms with Crippen molar-refractivity contribution in [3.63, 3.8) is 0 Å². The lowest BCUT2D eigenvalue weighted by atomic mass is 10.0. The molecule has 1 fully saturated rings. The summed E-state index contributed by atoms with van der Waals surface area (Å²) >= 11 is 0. The van der Waals surface area contributed by atoms with E-state index in [9.17, 15) is 4.79 Å². The molecule has 1 saturated carbocycles. The topological polar surface area (TPSA) is 64.4 Å². The summed E-state index contributed by atoms with van der Waals surface area (Å²) in [5, 5.41) is 3.01. The molecule has 0 aromatic heterocycles. The van der Waals surface area contributed by atoms with Crippen LogP contribution in [0.1, 0.15) is 43.0 Å². The Kier molecular flexibility index (Phi) is 3.98. The zero-order valence-electron chi connectivity index (χ0n) is 11.7. The molecule has 4 heteroatoms. The van der Waals surface area contributed by atoms with E-state index in [0.717, 1.165) is 13.0 Å². The summed E-state index contributed by atoms with van der Waals surface area (Å²) in [7, 11) is 1.53. The van der Waals surface area contributed by atoms with Gasteiger partial charge in [-0.05, 0) is 36.8 Å². The molecule has 0 heterocycles. The molecule has 3 N–H and O–H groups in total. The first kappa shape index (κ1) is 13.7. The molecule has 1 aromatic carbocycles. The summed E-state index contributed by atoms with van der Waals surface area (Å²) in [6.45, 7) is 2.93. The zero-order valence-corrected chi connectivity index (χ0v) is 11.7. The number of para-hydroxylation sites is 1. The van der Waals surface area contributed by atoms with Gasteiger partial charge in [0.15, 0.2) is 5.75 Å². The number of hydrogen-bond acceptors (Lipinski definition) is 3. The first-order valence-electron chi connectivity index (χ1n) is 6.82. The minimum atomic E-state index is -0.105. The summed E-state index contributed by atoms with van der Waals surface area (Å²) < 4.78 is 5.21. The van der Waals surface area contributed by atoms with Gasteiger partial charge in [-0.2, -0.15) is 0 Å². The van der Waals surface area contributed by atoms with E-state index in [-0.39, 0.29) is 5.91 Å². The van der Waals surface area contributed by atoms with Crippen molar-refractivity contribution in [1.29, 1.82) is 0 Å². The number of benzene rings is 1. The fourth-order valence-corrected chi connectivity index (χ4v) is 2.55. The molecule has 104 valence electrons. The summed E-state index contributed by atoms with van der Waals surface area (Å²) in [5.41, 5.74) is 7.15. The lowest BCUT2D eigenvalue weighted by molar-refractivity contribution is 0.0941. The van der Waals surface area contributed by atoms with Crippen molar-refractivity contribution in [3.8, 4) is 5.75 Å². The third-order valence-electron chi connectivity index (χ3n) is 3.86. The first-order valence-corrected chi connectivity index (χ1v) is 6.82. The van der Waals surface area contributed by atoms with Gasteiger partial charge in [0.1, 0.15) is 0 Å². The Morgan fingerprint density at radius 1 is 1.47 bits per heavy atom. The van der Waals surface area contributed by atoms with Crippen molar-refractivity contribution in [2.45, 2.75) is 32.6 Å². The maximum absolute atomic E-state index is 12.2. The number of carbonyl (C=O) groups excluding carboxylic acids is 1. The molecule has 1 aliphatic rings. The number of hydrogen-bond donors (Lipinski definition) is 2. The number of carbonyl (C=O) groups is 1. The molecule has 1 aliphatic carbocycles. The van der Waals surface area contributed by atoms with E-state index in [4.69, 9.17) is 10.5 Å². The second-order valence-electron chi connectivity index (χ2n) is 5.36. The van der Waals surface area contributed by atoms with E-state index in [1.165, 1.54) is 26.4 Å². The van der Waals surface area contributed by atoms with Crippen molar-refractivity contribution >= 4 is 11.6 Å². The van der Waals surface area contributed by atoms with E-state index >= 15 is 0 Å². The molecule has 0 saturated heterocycles. The molecule has 2 rings (SSSR count). The lowest BCUT2D eigenvalue weighted by Gasteiger charge is -2.16. The van der Waals surface area contributed by atoms with Crippen LogP contribution >= 0.6 is 0 Å². The maximum Gasteiger partial charge on any atom is 0.255 e. The van der Waals surface area contributed by atoms with Crippen molar-refractivity contribution < 1.29 is 9.53 Å². The number of nitrogens with two attached hydrogens (primary N) is 1. The smallest absolute Gasteiger partial charge is 0.255 e. The number of nitrogens with one attached hydrogen (secondary N) is 1. The van der Waals surface area contributed by atoms with E-state index in [1.807, 2.05) is 0 Å². The molecule has 1 amide bonds. The van der Waals surface area contributed by atoms with E-state index in [2.05, 4.69) is 12.2 Å². The van der Waals surface area contributed by atoms with Crippen LogP contribution in [0.15, 0.2) is 18.2 Å². The van der Waals surface area contributed by atoms with Crippen LogP contribution in [0, 0.1) is 5.41 Å². The molecule has 19 heavy (non-hydrogen) atoms. The summed E-state index contributed by atoms with van der Waals surface area (Å²) in [6.07, 6.45) is 4.78. The Labute approximate surface area is 114 Å². The first-order chi connectivity index (χ1) is 9.12. The van der Waals surface area contributed by atoms with Gasteiger partial charge < -0.3 is 15.8 Å². The highest BCUT2D eigenvalue weighted by Gasteiger charge is 2.41. The summed E-state index contributed by atoms with van der Waals surface area (Å²) in [6, 6.07) is 5.24. The van der Waals surface area contributed by atoms with Gasteiger partial charge in [0.2, 0.25) is 0 Å². The molecular weight excluding hydrogens is 240 g/mol. The van der Waals surface area contributed by atoms with Gasteiger partial charge in [-0.3, -0.25) is 4.79 Å². The number of anilines is 1. The molecule has 0 atom stereocenters. The predicted molar refractivity (Wildman–Crippen MR) is 76.3 cm³/mol. The second kappa shape index (κ2) is 5.51. The SMILES string of the molecule is CCCC1(CNC(=O)c2cccc(N)c2OC)CC1. The average molecular weight is 262 g/mol. The van der Waals surface area contributed by atoms with Crippen LogP contribution in [0.5, 0.6) is 5.75 Å². The van der Waals surface area contributed by atoms with Gasteiger partial charge >= 0.3 is 0 Å². The van der Waals surface area contributed by atoms with E-state index < -0.39 is 0 Å². The third kappa shape index (κ3) is 3.00. The van der Waals surface area contributed by atoms with Crippen molar-refractivity contribution in [1.82, 2.24) is 5.32 Å². The highest BCUT2D eigenvalue weighted by atomic mass is 16.5. The van der Waals surface area contributed by atoms with Crippen LogP contribution in [0.3, 0.4) is 0 Å². The van der Waals surface area contributed by atoms with Crippen molar-refractivity contribution in [2.24, 2.45) is 5.41 Å². The highest BCUT2D eigenvalue weighted by molar-refractivity contribution is 5.98. The quantitative estimate of drug-likeness (QED) is 0.774. The number of amides is 1. The Balaban J connectivity index is 2.02. The van der Waals surface area contributed by atoms with E-state index in [1.54, 1.807) is 18.2 Å². The third-order valence-corrected chi connectivity index (χ3v) is 3.86. The number of ether oxygens (including phenoxy) is 1. The van der Waals surface area contributed by atoms with Crippen LogP contribution in [0.2, 0.25) is 0 Å². The van der Waals surface area contributed by atoms with Crippen LogP contribution in [-0.2, 0) is 0 Å². The Hall–Kier alpha value is -1.71. The van der Waals surface area contributed by atoms with Gasteiger partial charge in [0.05, 0.1) is 18.4 Å². The van der Waals surface area contributed by atoms with Gasteiger partial charge in [-0.25, -0.2) is 0 Å². The monoisotopic (exact) mass is 262 g/mol. The van der Waals surface area contributed by atoms with E-state index in [0.29, 0.717) is 22.4 Å².